The van der Waals surface area contributed by atoms with Crippen molar-refractivity contribution in [2.45, 2.75) is 329 Å². The van der Waals surface area contributed by atoms with Gasteiger partial charge in [-0.15, -0.1) is 0 Å². The second kappa shape index (κ2) is 60.7. The van der Waals surface area contributed by atoms with Crippen molar-refractivity contribution in [1.29, 1.82) is 0 Å². The third-order valence-electron chi connectivity index (χ3n) is 13.8. The summed E-state index contributed by atoms with van der Waals surface area (Å²) in [6, 6.07) is 0. The molecule has 0 aliphatic heterocycles. The molecule has 0 spiro atoms. The normalized spacial score (nSPS) is 12.4. The van der Waals surface area contributed by atoms with E-state index in [9.17, 15) is 14.4 Å². The average molecular weight is 1010 g/mol. The van der Waals surface area contributed by atoms with Crippen molar-refractivity contribution in [2.24, 2.45) is 0 Å². The Balaban J connectivity index is 4.27. The zero-order valence-corrected chi connectivity index (χ0v) is 47.9. The summed E-state index contributed by atoms with van der Waals surface area (Å²) in [5, 5.41) is 0. The van der Waals surface area contributed by atoms with Crippen LogP contribution in [0.2, 0.25) is 0 Å². The average Bonchev–Trinajstić information content (AvgIpc) is 3.38. The fourth-order valence-electron chi connectivity index (χ4n) is 9.08. The van der Waals surface area contributed by atoms with Gasteiger partial charge in [0, 0.05) is 19.3 Å². The first kappa shape index (κ1) is 69.1. The highest BCUT2D eigenvalue weighted by Gasteiger charge is 2.19. The lowest BCUT2D eigenvalue weighted by Gasteiger charge is -2.18. The molecule has 0 aromatic carbocycles. The zero-order chi connectivity index (χ0) is 52.2. The first-order chi connectivity index (χ1) is 35.5. The summed E-state index contributed by atoms with van der Waals surface area (Å²) in [5.41, 5.74) is 0. The van der Waals surface area contributed by atoms with E-state index in [1.807, 2.05) is 0 Å². The van der Waals surface area contributed by atoms with E-state index in [4.69, 9.17) is 14.2 Å². The van der Waals surface area contributed by atoms with Gasteiger partial charge in [-0.3, -0.25) is 14.4 Å². The lowest BCUT2D eigenvalue weighted by atomic mass is 10.0. The maximum Gasteiger partial charge on any atom is 0.306 e. The number of rotatable bonds is 57. The van der Waals surface area contributed by atoms with Crippen molar-refractivity contribution < 1.29 is 28.6 Å². The standard InChI is InChI=1S/C66H118O6/c1-4-7-10-13-16-19-22-25-27-29-30-31-32-33-34-35-36-38-39-41-44-47-50-53-56-59-65(68)71-62-63(61-70-64(67)58-55-52-49-46-43-24-21-18-15-12-9-6-3)72-66(69)60-57-54-51-48-45-42-40-37-28-26-23-20-17-14-11-8-5-2/h8,11,17,20,26,28-30,40,42,63H,4-7,9-10,12-16,18-19,21-25,27,31-39,41,43-62H2,1-3H3/b11-8-,20-17-,28-26-,30-29-,42-40-. The minimum absolute atomic E-state index is 0.0811. The van der Waals surface area contributed by atoms with Crippen LogP contribution < -0.4 is 0 Å². The Morgan fingerprint density at radius 2 is 0.542 bits per heavy atom. The molecule has 6 heteroatoms. The van der Waals surface area contributed by atoms with Crippen molar-refractivity contribution >= 4 is 17.9 Å². The second-order valence-electron chi connectivity index (χ2n) is 20.9. The molecule has 0 aliphatic rings. The van der Waals surface area contributed by atoms with E-state index in [0.717, 1.165) is 96.3 Å². The SMILES string of the molecule is CC/C=C\C/C=C\C/C=C\C/C=C\CCCCCCC(=O)OC(COC(=O)CCCCCCCCCCCCCC)COC(=O)CCCCCCCCCCCCCCC/C=C\CCCCCCCCCC. The summed E-state index contributed by atoms with van der Waals surface area (Å²) in [6.07, 6.45) is 76.6. The lowest BCUT2D eigenvalue weighted by molar-refractivity contribution is -0.167. The van der Waals surface area contributed by atoms with Crippen LogP contribution in [0.1, 0.15) is 323 Å². The fourth-order valence-corrected chi connectivity index (χ4v) is 9.08. The summed E-state index contributed by atoms with van der Waals surface area (Å²) in [6.45, 7) is 6.54. The molecule has 0 fully saturated rings. The van der Waals surface area contributed by atoms with Crippen LogP contribution >= 0.6 is 0 Å². The minimum atomic E-state index is -0.785. The first-order valence-electron chi connectivity index (χ1n) is 31.3. The van der Waals surface area contributed by atoms with Crippen molar-refractivity contribution in [3.63, 3.8) is 0 Å². The molecule has 0 aromatic heterocycles. The van der Waals surface area contributed by atoms with E-state index < -0.39 is 6.10 Å². The van der Waals surface area contributed by atoms with E-state index in [2.05, 4.69) is 81.5 Å². The number of carbonyl (C=O) groups is 3. The molecular formula is C66H118O6. The van der Waals surface area contributed by atoms with E-state index in [0.29, 0.717) is 19.3 Å². The quantitative estimate of drug-likeness (QED) is 0.0261. The van der Waals surface area contributed by atoms with Gasteiger partial charge in [-0.2, -0.15) is 0 Å². The van der Waals surface area contributed by atoms with Crippen LogP contribution in [0.15, 0.2) is 60.8 Å². The van der Waals surface area contributed by atoms with Gasteiger partial charge in [0.05, 0.1) is 0 Å². The van der Waals surface area contributed by atoms with Gasteiger partial charge in [0.25, 0.3) is 0 Å². The summed E-state index contributed by atoms with van der Waals surface area (Å²) >= 11 is 0. The Hall–Kier alpha value is -2.89. The van der Waals surface area contributed by atoms with Crippen LogP contribution in [0.4, 0.5) is 0 Å². The first-order valence-corrected chi connectivity index (χ1v) is 31.3. The molecule has 0 aromatic rings. The molecule has 0 bridgehead atoms. The Morgan fingerprint density at radius 3 is 0.861 bits per heavy atom. The molecule has 0 aliphatic carbocycles. The van der Waals surface area contributed by atoms with E-state index in [1.165, 1.54) is 186 Å². The van der Waals surface area contributed by atoms with Gasteiger partial charge in [0.15, 0.2) is 6.10 Å². The maximum absolute atomic E-state index is 12.9. The van der Waals surface area contributed by atoms with Crippen LogP contribution in [0.25, 0.3) is 0 Å². The van der Waals surface area contributed by atoms with Gasteiger partial charge < -0.3 is 14.2 Å². The molecule has 1 unspecified atom stereocenters. The van der Waals surface area contributed by atoms with Crippen molar-refractivity contribution in [1.82, 2.24) is 0 Å². The van der Waals surface area contributed by atoms with Gasteiger partial charge in [0.1, 0.15) is 13.2 Å². The zero-order valence-electron chi connectivity index (χ0n) is 47.9. The number of unbranched alkanes of at least 4 members (excludes halogenated alkanes) is 36. The van der Waals surface area contributed by atoms with E-state index in [1.54, 1.807) is 0 Å². The Morgan fingerprint density at radius 1 is 0.292 bits per heavy atom. The molecule has 0 saturated heterocycles. The highest BCUT2D eigenvalue weighted by molar-refractivity contribution is 5.71. The largest absolute Gasteiger partial charge is 0.462 e. The highest BCUT2D eigenvalue weighted by Crippen LogP contribution is 2.17. The van der Waals surface area contributed by atoms with Crippen molar-refractivity contribution in [3.05, 3.63) is 60.8 Å². The molecular weight excluding hydrogens is 889 g/mol. The topological polar surface area (TPSA) is 78.9 Å². The second-order valence-corrected chi connectivity index (χ2v) is 20.9. The van der Waals surface area contributed by atoms with Gasteiger partial charge in [-0.1, -0.05) is 281 Å². The maximum atomic E-state index is 12.9. The van der Waals surface area contributed by atoms with Gasteiger partial charge in [0.2, 0.25) is 0 Å². The molecule has 0 amide bonds. The van der Waals surface area contributed by atoms with Gasteiger partial charge >= 0.3 is 17.9 Å². The molecule has 72 heavy (non-hydrogen) atoms. The monoisotopic (exact) mass is 1010 g/mol. The highest BCUT2D eigenvalue weighted by atomic mass is 16.6. The predicted octanol–water partition coefficient (Wildman–Crippen LogP) is 21.2. The summed E-state index contributed by atoms with van der Waals surface area (Å²) in [7, 11) is 0. The van der Waals surface area contributed by atoms with Crippen LogP contribution in [0, 0.1) is 0 Å². The number of ether oxygens (including phenoxy) is 3. The molecule has 0 N–H and O–H groups in total. The fraction of sp³-hybridized carbons (Fsp3) is 0.803. The van der Waals surface area contributed by atoms with Crippen LogP contribution in [0.5, 0.6) is 0 Å². The number of carbonyl (C=O) groups excluding carboxylic acids is 3. The summed E-state index contributed by atoms with van der Waals surface area (Å²) < 4.78 is 16.9. The van der Waals surface area contributed by atoms with Crippen LogP contribution in [-0.4, -0.2) is 37.2 Å². The molecule has 0 heterocycles. The van der Waals surface area contributed by atoms with Crippen molar-refractivity contribution in [2.75, 3.05) is 13.2 Å². The molecule has 1 atom stereocenters. The van der Waals surface area contributed by atoms with E-state index >= 15 is 0 Å². The lowest BCUT2D eigenvalue weighted by Crippen LogP contribution is -2.30. The Kier molecular flexibility index (Phi) is 58.2. The number of hydrogen-bond acceptors (Lipinski definition) is 6. The smallest absolute Gasteiger partial charge is 0.306 e. The predicted molar refractivity (Wildman–Crippen MR) is 312 cm³/mol. The summed E-state index contributed by atoms with van der Waals surface area (Å²) in [4.78, 5) is 38.2. The van der Waals surface area contributed by atoms with Crippen LogP contribution in [0.3, 0.4) is 0 Å². The Bertz CT molecular complexity index is 1290. The molecule has 0 rings (SSSR count). The number of esters is 3. The third-order valence-corrected chi connectivity index (χ3v) is 13.8. The third kappa shape index (κ3) is 58.0. The number of allylic oxidation sites excluding steroid dienone is 10. The minimum Gasteiger partial charge on any atom is -0.462 e. The van der Waals surface area contributed by atoms with Gasteiger partial charge in [-0.25, -0.2) is 0 Å². The molecule has 418 valence electrons. The Labute approximate surface area is 447 Å². The number of hydrogen-bond donors (Lipinski definition) is 0. The molecule has 0 saturated carbocycles. The molecule has 0 radical (unpaired) electrons. The summed E-state index contributed by atoms with van der Waals surface area (Å²) in [5.74, 6) is -0.890. The molecule has 6 nitrogen and oxygen atoms in total. The van der Waals surface area contributed by atoms with Crippen LogP contribution in [-0.2, 0) is 28.6 Å². The van der Waals surface area contributed by atoms with E-state index in [-0.39, 0.29) is 31.1 Å². The van der Waals surface area contributed by atoms with Crippen molar-refractivity contribution in [3.8, 4) is 0 Å². The van der Waals surface area contributed by atoms with Gasteiger partial charge in [-0.05, 0) is 83.5 Å².